The number of aryl methyl sites for hydroxylation is 1. The van der Waals surface area contributed by atoms with E-state index in [0.717, 1.165) is 6.61 Å². The van der Waals surface area contributed by atoms with E-state index in [1.165, 1.54) is 11.1 Å². The van der Waals surface area contributed by atoms with Crippen molar-refractivity contribution >= 4 is 0 Å². The number of methoxy groups -OCH3 is 1. The molecule has 2 heteroatoms. The molecule has 0 saturated heterocycles. The number of ether oxygens (including phenoxy) is 1. The molecule has 0 amide bonds. The summed E-state index contributed by atoms with van der Waals surface area (Å²) in [5, 5.41) is 3.49. The molecule has 0 aromatic heterocycles. The maximum Gasteiger partial charge on any atom is 0.0613 e. The Morgan fingerprint density at radius 1 is 1.20 bits per heavy atom. The third-order valence-electron chi connectivity index (χ3n) is 2.53. The van der Waals surface area contributed by atoms with Crippen molar-refractivity contribution in [2.75, 3.05) is 13.7 Å². The Bertz CT molecular complexity index is 281. The quantitative estimate of drug-likeness (QED) is 0.801. The van der Waals surface area contributed by atoms with E-state index in [0.29, 0.717) is 12.1 Å². The second kappa shape index (κ2) is 5.89. The van der Waals surface area contributed by atoms with Gasteiger partial charge in [-0.15, -0.1) is 0 Å². The highest BCUT2D eigenvalue weighted by Gasteiger charge is 2.08. The maximum atomic E-state index is 5.10. The van der Waals surface area contributed by atoms with Gasteiger partial charge in [-0.3, -0.25) is 0 Å². The molecule has 2 atom stereocenters. The minimum absolute atomic E-state index is 0.371. The van der Waals surface area contributed by atoms with Crippen molar-refractivity contribution in [2.45, 2.75) is 32.9 Å². The second-order valence-corrected chi connectivity index (χ2v) is 4.16. The van der Waals surface area contributed by atoms with E-state index in [2.05, 4.69) is 50.4 Å². The first-order valence-electron chi connectivity index (χ1n) is 5.45. The molecule has 0 saturated carbocycles. The third kappa shape index (κ3) is 4.02. The van der Waals surface area contributed by atoms with Gasteiger partial charge in [-0.25, -0.2) is 0 Å². The summed E-state index contributed by atoms with van der Waals surface area (Å²) >= 11 is 0. The molecule has 0 aliphatic rings. The highest BCUT2D eigenvalue weighted by molar-refractivity contribution is 5.23. The second-order valence-electron chi connectivity index (χ2n) is 4.16. The largest absolute Gasteiger partial charge is 0.383 e. The van der Waals surface area contributed by atoms with Crippen LogP contribution in [0.2, 0.25) is 0 Å². The van der Waals surface area contributed by atoms with Crippen LogP contribution in [0.1, 0.15) is 31.0 Å². The Balaban J connectivity index is 2.53. The Morgan fingerprint density at radius 2 is 1.80 bits per heavy atom. The zero-order chi connectivity index (χ0) is 11.3. The molecule has 0 aliphatic heterocycles. The molecule has 0 fully saturated rings. The van der Waals surface area contributed by atoms with Gasteiger partial charge in [-0.2, -0.15) is 0 Å². The molecule has 1 N–H and O–H groups in total. The zero-order valence-electron chi connectivity index (χ0n) is 10.1. The van der Waals surface area contributed by atoms with E-state index in [9.17, 15) is 0 Å². The number of rotatable bonds is 5. The highest BCUT2D eigenvalue weighted by Crippen LogP contribution is 2.13. The van der Waals surface area contributed by atoms with Crippen molar-refractivity contribution in [1.82, 2.24) is 5.32 Å². The summed E-state index contributed by atoms with van der Waals surface area (Å²) < 4.78 is 5.10. The third-order valence-corrected chi connectivity index (χ3v) is 2.53. The summed E-state index contributed by atoms with van der Waals surface area (Å²) in [6.07, 6.45) is 0. The van der Waals surface area contributed by atoms with E-state index >= 15 is 0 Å². The van der Waals surface area contributed by atoms with Gasteiger partial charge in [-0.1, -0.05) is 29.8 Å². The summed E-state index contributed by atoms with van der Waals surface area (Å²) in [5.74, 6) is 0. The van der Waals surface area contributed by atoms with Crippen molar-refractivity contribution < 1.29 is 4.74 Å². The molecule has 84 valence electrons. The molecule has 1 aromatic rings. The summed E-state index contributed by atoms with van der Waals surface area (Å²) in [4.78, 5) is 0. The van der Waals surface area contributed by atoms with Gasteiger partial charge in [-0.05, 0) is 26.3 Å². The van der Waals surface area contributed by atoms with Crippen LogP contribution in [-0.4, -0.2) is 19.8 Å². The minimum atomic E-state index is 0.371. The van der Waals surface area contributed by atoms with E-state index in [1.54, 1.807) is 7.11 Å². The molecule has 0 bridgehead atoms. The average Bonchev–Trinajstić information content (AvgIpc) is 2.18. The molecule has 1 aromatic carbocycles. The summed E-state index contributed by atoms with van der Waals surface area (Å²) in [6, 6.07) is 9.39. The predicted octanol–water partition coefficient (Wildman–Crippen LogP) is 2.68. The molecule has 1 unspecified atom stereocenters. The SMILES string of the molecule is COCC(C)N[C@@H](C)c1ccc(C)cc1. The van der Waals surface area contributed by atoms with Gasteiger partial charge >= 0.3 is 0 Å². The van der Waals surface area contributed by atoms with Gasteiger partial charge < -0.3 is 10.1 Å². The van der Waals surface area contributed by atoms with Crippen LogP contribution in [0.15, 0.2) is 24.3 Å². The minimum Gasteiger partial charge on any atom is -0.383 e. The first kappa shape index (κ1) is 12.2. The van der Waals surface area contributed by atoms with Gasteiger partial charge in [0.15, 0.2) is 0 Å². The van der Waals surface area contributed by atoms with Crippen LogP contribution in [0.5, 0.6) is 0 Å². The zero-order valence-corrected chi connectivity index (χ0v) is 10.1. The topological polar surface area (TPSA) is 21.3 Å². The van der Waals surface area contributed by atoms with Gasteiger partial charge in [0.25, 0.3) is 0 Å². The fourth-order valence-electron chi connectivity index (χ4n) is 1.68. The van der Waals surface area contributed by atoms with Crippen LogP contribution in [0.4, 0.5) is 0 Å². The molecule has 0 spiro atoms. The van der Waals surface area contributed by atoms with Gasteiger partial charge in [0, 0.05) is 19.2 Å². The number of benzene rings is 1. The lowest BCUT2D eigenvalue weighted by Gasteiger charge is -2.19. The Kier molecular flexibility index (Phi) is 4.79. The van der Waals surface area contributed by atoms with Crippen LogP contribution in [-0.2, 0) is 4.74 Å². The van der Waals surface area contributed by atoms with Crippen LogP contribution < -0.4 is 5.32 Å². The van der Waals surface area contributed by atoms with Crippen LogP contribution in [0.3, 0.4) is 0 Å². The lowest BCUT2D eigenvalue weighted by molar-refractivity contribution is 0.168. The fourth-order valence-corrected chi connectivity index (χ4v) is 1.68. The van der Waals surface area contributed by atoms with Crippen LogP contribution in [0, 0.1) is 6.92 Å². The molecule has 0 radical (unpaired) electrons. The van der Waals surface area contributed by atoms with Crippen molar-refractivity contribution in [3.63, 3.8) is 0 Å². The Morgan fingerprint density at radius 3 is 2.33 bits per heavy atom. The van der Waals surface area contributed by atoms with E-state index < -0.39 is 0 Å². The van der Waals surface area contributed by atoms with Crippen molar-refractivity contribution in [3.8, 4) is 0 Å². The summed E-state index contributed by atoms with van der Waals surface area (Å²) in [5.41, 5.74) is 2.62. The predicted molar refractivity (Wildman–Crippen MR) is 64.1 cm³/mol. The average molecular weight is 207 g/mol. The number of hydrogen-bond donors (Lipinski definition) is 1. The first-order chi connectivity index (χ1) is 7.13. The molecule has 0 heterocycles. The summed E-state index contributed by atoms with van der Waals surface area (Å²) in [6.45, 7) is 7.16. The Hall–Kier alpha value is -0.860. The lowest BCUT2D eigenvalue weighted by Crippen LogP contribution is -2.32. The lowest BCUT2D eigenvalue weighted by atomic mass is 10.1. The molecule has 15 heavy (non-hydrogen) atoms. The monoisotopic (exact) mass is 207 g/mol. The molecular formula is C13H21NO. The smallest absolute Gasteiger partial charge is 0.0613 e. The van der Waals surface area contributed by atoms with Crippen molar-refractivity contribution in [3.05, 3.63) is 35.4 Å². The first-order valence-corrected chi connectivity index (χ1v) is 5.45. The summed E-state index contributed by atoms with van der Waals surface area (Å²) in [7, 11) is 1.73. The normalized spacial score (nSPS) is 14.9. The van der Waals surface area contributed by atoms with Gasteiger partial charge in [0.1, 0.15) is 0 Å². The van der Waals surface area contributed by atoms with Crippen molar-refractivity contribution in [2.24, 2.45) is 0 Å². The van der Waals surface area contributed by atoms with Crippen molar-refractivity contribution in [1.29, 1.82) is 0 Å². The highest BCUT2D eigenvalue weighted by atomic mass is 16.5. The fraction of sp³-hybridized carbons (Fsp3) is 0.538. The molecule has 0 aliphatic carbocycles. The van der Waals surface area contributed by atoms with Gasteiger partial charge in [0.05, 0.1) is 6.61 Å². The maximum absolute atomic E-state index is 5.10. The molecular weight excluding hydrogens is 186 g/mol. The standard InChI is InChI=1S/C13H21NO/c1-10-5-7-13(8-6-10)12(3)14-11(2)9-15-4/h5-8,11-12,14H,9H2,1-4H3/t11?,12-/m0/s1. The number of nitrogens with one attached hydrogen (secondary N) is 1. The van der Waals surface area contributed by atoms with Crippen LogP contribution in [0.25, 0.3) is 0 Å². The molecule has 1 rings (SSSR count). The van der Waals surface area contributed by atoms with E-state index in [4.69, 9.17) is 4.74 Å². The van der Waals surface area contributed by atoms with Gasteiger partial charge in [0.2, 0.25) is 0 Å². The molecule has 2 nitrogen and oxygen atoms in total. The number of hydrogen-bond acceptors (Lipinski definition) is 2. The Labute approximate surface area is 92.6 Å². The van der Waals surface area contributed by atoms with Crippen LogP contribution >= 0.6 is 0 Å². The van der Waals surface area contributed by atoms with E-state index in [-0.39, 0.29) is 0 Å². The van der Waals surface area contributed by atoms with E-state index in [1.807, 2.05) is 0 Å².